The fourth-order valence-electron chi connectivity index (χ4n) is 2.77. The highest BCUT2D eigenvalue weighted by atomic mass is 19.4. The second-order valence-electron chi connectivity index (χ2n) is 6.45. The number of aromatic nitrogens is 1. The molecule has 2 aromatic rings. The lowest BCUT2D eigenvalue weighted by Gasteiger charge is -2.38. The average Bonchev–Trinajstić information content (AvgIpc) is 2.63. The Morgan fingerprint density at radius 3 is 2.55 bits per heavy atom. The smallest absolute Gasteiger partial charge is 0.374 e. The number of hydrogen-bond donors (Lipinski definition) is 2. The second kappa shape index (κ2) is 7.37. The largest absolute Gasteiger partial charge is 0.416 e. The zero-order valence-corrected chi connectivity index (χ0v) is 14.7. The minimum absolute atomic E-state index is 0.00960. The Bertz CT molecular complexity index is 952. The van der Waals surface area contributed by atoms with Gasteiger partial charge in [-0.15, -0.1) is 0 Å². The van der Waals surface area contributed by atoms with Gasteiger partial charge in [0.2, 0.25) is 5.91 Å². The summed E-state index contributed by atoms with van der Waals surface area (Å²) < 4.78 is 78.6. The van der Waals surface area contributed by atoms with Crippen LogP contribution in [0.25, 0.3) is 11.1 Å². The van der Waals surface area contributed by atoms with Crippen molar-refractivity contribution in [2.75, 3.05) is 25.0 Å². The predicted molar refractivity (Wildman–Crippen MR) is 92.5 cm³/mol. The van der Waals surface area contributed by atoms with Crippen LogP contribution in [-0.2, 0) is 11.0 Å². The fraction of sp³-hybridized carbons (Fsp3) is 0.278. The Morgan fingerprint density at radius 1 is 1.28 bits per heavy atom. The molecule has 0 bridgehead atoms. The van der Waals surface area contributed by atoms with E-state index >= 15 is 0 Å². The lowest BCUT2D eigenvalue weighted by atomic mass is 10.0. The van der Waals surface area contributed by atoms with E-state index in [1.165, 1.54) is 6.07 Å². The van der Waals surface area contributed by atoms with Crippen molar-refractivity contribution in [2.24, 2.45) is 0 Å². The Hall–Kier alpha value is -3.11. The lowest BCUT2D eigenvalue weighted by Crippen LogP contribution is -2.59. The summed E-state index contributed by atoms with van der Waals surface area (Å²) in [5.41, 5.74) is -1.29. The molecule has 2 N–H and O–H groups in total. The van der Waals surface area contributed by atoms with E-state index in [4.69, 9.17) is 5.41 Å². The van der Waals surface area contributed by atoms with Crippen molar-refractivity contribution >= 4 is 17.8 Å². The Balaban J connectivity index is 1.84. The van der Waals surface area contributed by atoms with Crippen LogP contribution in [-0.4, -0.2) is 47.6 Å². The zero-order valence-electron chi connectivity index (χ0n) is 14.7. The van der Waals surface area contributed by atoms with Crippen molar-refractivity contribution in [1.82, 2.24) is 9.88 Å². The van der Waals surface area contributed by atoms with Crippen LogP contribution in [0.15, 0.2) is 30.5 Å². The molecule has 1 amide bonds. The third-order valence-corrected chi connectivity index (χ3v) is 4.29. The van der Waals surface area contributed by atoms with Crippen LogP contribution < -0.4 is 5.32 Å². The minimum atomic E-state index is -4.67. The molecule has 11 heteroatoms. The van der Waals surface area contributed by atoms with Gasteiger partial charge in [0, 0.05) is 23.5 Å². The molecule has 0 spiro atoms. The number of nitrogens with zero attached hydrogens (tertiary/aromatic N) is 2. The first-order valence-corrected chi connectivity index (χ1v) is 8.27. The number of nitrogens with one attached hydrogen (secondary N) is 2. The summed E-state index contributed by atoms with van der Waals surface area (Å²) in [7, 11) is 0. The number of anilines is 1. The van der Waals surface area contributed by atoms with Gasteiger partial charge in [0.05, 0.1) is 30.9 Å². The second-order valence-corrected chi connectivity index (χ2v) is 6.45. The molecular formula is C18H14F6N4O. The van der Waals surface area contributed by atoms with Crippen molar-refractivity contribution < 1.29 is 31.1 Å². The first kappa shape index (κ1) is 20.6. The standard InChI is InChI=1S/C18H14F6N4O/c19-13-2-1-11(18(22,23)24)4-12(13)10-3-14(15(5-25)26-6-10)27-7-16(29)28-8-17(20,21)9-28/h1-6,25,27H,7-9H2. The molecule has 5 nitrogen and oxygen atoms in total. The number of pyridine rings is 1. The number of amides is 1. The highest BCUT2D eigenvalue weighted by Crippen LogP contribution is 2.34. The summed E-state index contributed by atoms with van der Waals surface area (Å²) in [6.45, 7) is -1.79. The number of benzene rings is 1. The summed E-state index contributed by atoms with van der Waals surface area (Å²) in [5, 5.41) is 9.96. The third kappa shape index (κ3) is 4.49. The Morgan fingerprint density at radius 2 is 1.97 bits per heavy atom. The van der Waals surface area contributed by atoms with Gasteiger partial charge >= 0.3 is 6.18 Å². The summed E-state index contributed by atoms with van der Waals surface area (Å²) in [4.78, 5) is 16.7. The molecular weight excluding hydrogens is 402 g/mol. The van der Waals surface area contributed by atoms with E-state index in [9.17, 15) is 31.1 Å². The van der Waals surface area contributed by atoms with Gasteiger partial charge in [-0.2, -0.15) is 13.2 Å². The first-order chi connectivity index (χ1) is 13.5. The van der Waals surface area contributed by atoms with Crippen molar-refractivity contribution in [3.8, 4) is 11.1 Å². The number of rotatable bonds is 5. The van der Waals surface area contributed by atoms with E-state index in [-0.39, 0.29) is 22.5 Å². The number of carbonyl (C=O) groups excluding carboxylic acids is 1. The summed E-state index contributed by atoms with van der Waals surface area (Å²) >= 11 is 0. The van der Waals surface area contributed by atoms with Crippen LogP contribution in [0.3, 0.4) is 0 Å². The number of likely N-dealkylation sites (tertiary alicyclic amines) is 1. The van der Waals surface area contributed by atoms with Crippen molar-refractivity contribution in [2.45, 2.75) is 12.1 Å². The van der Waals surface area contributed by atoms with Gasteiger partial charge in [-0.1, -0.05) is 0 Å². The Kier molecular flexibility index (Phi) is 5.24. The molecule has 1 saturated heterocycles. The van der Waals surface area contributed by atoms with Crippen molar-refractivity contribution in [1.29, 1.82) is 5.41 Å². The number of alkyl halides is 5. The molecule has 0 aliphatic carbocycles. The first-order valence-electron chi connectivity index (χ1n) is 8.27. The van der Waals surface area contributed by atoms with Crippen LogP contribution in [0.1, 0.15) is 11.3 Å². The summed E-state index contributed by atoms with van der Waals surface area (Å²) in [6, 6.07) is 3.17. The molecule has 1 aliphatic rings. The van der Waals surface area contributed by atoms with E-state index in [1.807, 2.05) is 0 Å². The normalized spacial score (nSPS) is 15.6. The van der Waals surface area contributed by atoms with Crippen molar-refractivity contribution in [3.05, 3.63) is 47.5 Å². The van der Waals surface area contributed by atoms with Gasteiger partial charge in [0.1, 0.15) is 11.5 Å². The molecule has 3 rings (SSSR count). The van der Waals surface area contributed by atoms with E-state index in [0.29, 0.717) is 18.2 Å². The molecule has 1 fully saturated rings. The Labute approximate surface area is 160 Å². The summed E-state index contributed by atoms with van der Waals surface area (Å²) in [5.74, 6) is -4.45. The van der Waals surface area contributed by atoms with Gasteiger partial charge in [-0.25, -0.2) is 13.2 Å². The lowest BCUT2D eigenvalue weighted by molar-refractivity contribution is -0.163. The monoisotopic (exact) mass is 416 g/mol. The molecule has 154 valence electrons. The minimum Gasteiger partial charge on any atom is -0.374 e. The van der Waals surface area contributed by atoms with Crippen LogP contribution in [0.4, 0.5) is 32.0 Å². The maximum absolute atomic E-state index is 14.1. The molecule has 1 aliphatic heterocycles. The maximum atomic E-state index is 14.1. The van der Waals surface area contributed by atoms with Crippen LogP contribution in [0, 0.1) is 11.2 Å². The number of halogens is 6. The zero-order chi connectivity index (χ0) is 21.4. The predicted octanol–water partition coefficient (Wildman–Crippen LogP) is 3.79. The highest BCUT2D eigenvalue weighted by molar-refractivity contribution is 5.88. The van der Waals surface area contributed by atoms with Gasteiger partial charge in [-0.3, -0.25) is 9.78 Å². The van der Waals surface area contributed by atoms with E-state index in [2.05, 4.69) is 10.3 Å². The molecule has 1 aromatic heterocycles. The molecule has 0 unspecified atom stereocenters. The number of hydrogen-bond acceptors (Lipinski definition) is 4. The average molecular weight is 416 g/mol. The van der Waals surface area contributed by atoms with E-state index < -0.39 is 49.0 Å². The molecule has 0 saturated carbocycles. The van der Waals surface area contributed by atoms with Gasteiger partial charge in [0.15, 0.2) is 0 Å². The highest BCUT2D eigenvalue weighted by Gasteiger charge is 2.45. The SMILES string of the molecule is N=Cc1ncc(-c2cc(C(F)(F)F)ccc2F)cc1NCC(=O)N1CC(F)(F)C1. The van der Waals surface area contributed by atoms with Crippen LogP contribution in [0.2, 0.25) is 0 Å². The maximum Gasteiger partial charge on any atom is 0.416 e. The summed E-state index contributed by atoms with van der Waals surface area (Å²) in [6.07, 6.45) is -2.74. The van der Waals surface area contributed by atoms with Crippen LogP contribution >= 0.6 is 0 Å². The molecule has 29 heavy (non-hydrogen) atoms. The van der Waals surface area contributed by atoms with E-state index in [0.717, 1.165) is 17.3 Å². The van der Waals surface area contributed by atoms with E-state index in [1.54, 1.807) is 0 Å². The molecule has 1 aromatic carbocycles. The number of carbonyl (C=O) groups is 1. The molecule has 0 radical (unpaired) electrons. The topological polar surface area (TPSA) is 69.1 Å². The molecule has 2 heterocycles. The van der Waals surface area contributed by atoms with Gasteiger partial charge in [-0.05, 0) is 24.3 Å². The van der Waals surface area contributed by atoms with Crippen molar-refractivity contribution in [3.63, 3.8) is 0 Å². The molecule has 0 atom stereocenters. The quantitative estimate of drug-likeness (QED) is 0.576. The van der Waals surface area contributed by atoms with Crippen LogP contribution in [0.5, 0.6) is 0 Å². The van der Waals surface area contributed by atoms with Gasteiger partial charge in [0.25, 0.3) is 5.92 Å². The third-order valence-electron chi connectivity index (χ3n) is 4.29. The van der Waals surface area contributed by atoms with Gasteiger partial charge < -0.3 is 15.6 Å². The fourth-order valence-corrected chi connectivity index (χ4v) is 2.77.